The van der Waals surface area contributed by atoms with Crippen LogP contribution in [0.1, 0.15) is 19.3 Å². The zero-order chi connectivity index (χ0) is 14.7. The van der Waals surface area contributed by atoms with Gasteiger partial charge in [-0.25, -0.2) is 0 Å². The van der Waals surface area contributed by atoms with Gasteiger partial charge in [-0.2, -0.15) is 0 Å². The van der Waals surface area contributed by atoms with Crippen LogP contribution in [0.5, 0.6) is 0 Å². The lowest BCUT2D eigenvalue weighted by molar-refractivity contribution is -0.149. The highest BCUT2D eigenvalue weighted by atomic mass is 16.5. The van der Waals surface area contributed by atoms with Gasteiger partial charge in [-0.1, -0.05) is 0 Å². The molecule has 7 nitrogen and oxygen atoms in total. The second-order valence-electron chi connectivity index (χ2n) is 5.38. The van der Waals surface area contributed by atoms with Crippen LogP contribution in [-0.2, 0) is 19.1 Å². The maximum absolute atomic E-state index is 12.5. The summed E-state index contributed by atoms with van der Waals surface area (Å²) in [5.74, 6) is -1.74. The molecule has 2 saturated heterocycles. The van der Waals surface area contributed by atoms with Gasteiger partial charge in [0, 0.05) is 39.3 Å². The van der Waals surface area contributed by atoms with E-state index in [1.807, 2.05) is 0 Å². The molecule has 1 atom stereocenters. The van der Waals surface area contributed by atoms with Crippen LogP contribution >= 0.6 is 0 Å². The van der Waals surface area contributed by atoms with Gasteiger partial charge in [0.1, 0.15) is 6.54 Å². The largest absolute Gasteiger partial charge is 0.480 e. The van der Waals surface area contributed by atoms with Crippen molar-refractivity contribution in [2.45, 2.75) is 25.3 Å². The Balaban J connectivity index is 2.07. The van der Waals surface area contributed by atoms with Crippen LogP contribution in [0.25, 0.3) is 0 Å². The zero-order valence-electron chi connectivity index (χ0n) is 11.6. The number of hydrogen-bond acceptors (Lipinski definition) is 4. The van der Waals surface area contributed by atoms with Gasteiger partial charge in [-0.3, -0.25) is 14.4 Å². The molecule has 0 bridgehead atoms. The van der Waals surface area contributed by atoms with Crippen LogP contribution in [0.4, 0.5) is 0 Å². The molecule has 0 saturated carbocycles. The molecule has 2 aliphatic heterocycles. The van der Waals surface area contributed by atoms with Gasteiger partial charge >= 0.3 is 5.97 Å². The fourth-order valence-corrected chi connectivity index (χ4v) is 2.79. The van der Waals surface area contributed by atoms with Crippen molar-refractivity contribution >= 4 is 17.8 Å². The van der Waals surface area contributed by atoms with E-state index in [0.717, 1.165) is 0 Å². The van der Waals surface area contributed by atoms with Gasteiger partial charge in [-0.05, 0) is 12.8 Å². The smallest absolute Gasteiger partial charge is 0.323 e. The molecule has 0 radical (unpaired) electrons. The molecule has 2 rings (SSSR count). The number of carboxylic acid groups (broad SMARTS) is 1. The summed E-state index contributed by atoms with van der Waals surface area (Å²) in [4.78, 5) is 38.0. The first kappa shape index (κ1) is 14.8. The molecule has 0 unspecified atom stereocenters. The minimum absolute atomic E-state index is 0.0643. The van der Waals surface area contributed by atoms with Gasteiger partial charge in [0.2, 0.25) is 11.8 Å². The number of nitrogens with zero attached hydrogens (tertiary/aromatic N) is 2. The fourth-order valence-electron chi connectivity index (χ4n) is 2.79. The summed E-state index contributed by atoms with van der Waals surface area (Å²) < 4.78 is 5.25. The number of carbonyl (C=O) groups is 3. The second-order valence-corrected chi connectivity index (χ2v) is 5.38. The molecule has 2 amide bonds. The molecule has 0 aromatic rings. The van der Waals surface area contributed by atoms with Crippen molar-refractivity contribution in [1.82, 2.24) is 9.80 Å². The van der Waals surface area contributed by atoms with Gasteiger partial charge in [0.05, 0.1) is 5.92 Å². The zero-order valence-corrected chi connectivity index (χ0v) is 11.6. The summed E-state index contributed by atoms with van der Waals surface area (Å²) in [5.41, 5.74) is 0. The number of ether oxygens (including phenoxy) is 1. The average Bonchev–Trinajstić information content (AvgIpc) is 2.76. The Kier molecular flexibility index (Phi) is 4.59. The highest BCUT2D eigenvalue weighted by Crippen LogP contribution is 2.22. The van der Waals surface area contributed by atoms with E-state index in [9.17, 15) is 14.4 Å². The third kappa shape index (κ3) is 3.27. The summed E-state index contributed by atoms with van der Waals surface area (Å²) >= 11 is 0. The molecule has 0 spiro atoms. The highest BCUT2D eigenvalue weighted by molar-refractivity contribution is 5.90. The Bertz CT molecular complexity index is 406. The Labute approximate surface area is 117 Å². The molecule has 2 heterocycles. The second kappa shape index (κ2) is 6.21. The summed E-state index contributed by atoms with van der Waals surface area (Å²) in [6.07, 6.45) is 1.47. The summed E-state index contributed by atoms with van der Waals surface area (Å²) in [6, 6.07) is -0.103. The highest BCUT2D eigenvalue weighted by Gasteiger charge is 2.37. The van der Waals surface area contributed by atoms with E-state index in [4.69, 9.17) is 9.84 Å². The first-order valence-electron chi connectivity index (χ1n) is 6.83. The molecule has 112 valence electrons. The van der Waals surface area contributed by atoms with E-state index in [2.05, 4.69) is 0 Å². The number of rotatable bonds is 4. The lowest BCUT2D eigenvalue weighted by atomic mass is 10.0. The lowest BCUT2D eigenvalue weighted by Crippen LogP contribution is -2.48. The maximum Gasteiger partial charge on any atom is 0.323 e. The molecule has 0 aromatic heterocycles. The maximum atomic E-state index is 12.5. The SMILES string of the molecule is CN1C[C@H](C(=O)N(CC(=O)O)C2CCOCC2)CC1=O. The molecule has 0 aliphatic carbocycles. The normalized spacial score (nSPS) is 23.9. The topological polar surface area (TPSA) is 87.2 Å². The van der Waals surface area contributed by atoms with Crippen molar-refractivity contribution in [2.75, 3.05) is 33.4 Å². The molecule has 20 heavy (non-hydrogen) atoms. The van der Waals surface area contributed by atoms with E-state index in [-0.39, 0.29) is 30.8 Å². The predicted molar refractivity (Wildman–Crippen MR) is 68.9 cm³/mol. The minimum Gasteiger partial charge on any atom is -0.480 e. The van der Waals surface area contributed by atoms with Gasteiger partial charge in [0.25, 0.3) is 0 Å². The molecule has 7 heteroatoms. The van der Waals surface area contributed by atoms with E-state index in [1.54, 1.807) is 7.05 Å². The number of aliphatic carboxylic acids is 1. The molecular formula is C13H20N2O5. The summed E-state index contributed by atoms with van der Waals surface area (Å²) in [5, 5.41) is 9.01. The van der Waals surface area contributed by atoms with Crippen molar-refractivity contribution < 1.29 is 24.2 Å². The van der Waals surface area contributed by atoms with Crippen LogP contribution in [0.2, 0.25) is 0 Å². The number of likely N-dealkylation sites (tertiary alicyclic amines) is 1. The summed E-state index contributed by atoms with van der Waals surface area (Å²) in [7, 11) is 1.66. The Hall–Kier alpha value is -1.63. The first-order chi connectivity index (χ1) is 9.49. The Morgan fingerprint density at radius 3 is 2.55 bits per heavy atom. The van der Waals surface area contributed by atoms with Gasteiger partial charge in [-0.15, -0.1) is 0 Å². The average molecular weight is 284 g/mol. The van der Waals surface area contributed by atoms with Crippen LogP contribution in [0, 0.1) is 5.92 Å². The van der Waals surface area contributed by atoms with E-state index < -0.39 is 11.9 Å². The van der Waals surface area contributed by atoms with Crippen LogP contribution < -0.4 is 0 Å². The van der Waals surface area contributed by atoms with Crippen LogP contribution in [0.3, 0.4) is 0 Å². The van der Waals surface area contributed by atoms with Crippen LogP contribution in [-0.4, -0.2) is 72.1 Å². The molecule has 2 aliphatic rings. The Morgan fingerprint density at radius 1 is 1.40 bits per heavy atom. The number of hydrogen-bond donors (Lipinski definition) is 1. The fraction of sp³-hybridized carbons (Fsp3) is 0.769. The number of carbonyl (C=O) groups excluding carboxylic acids is 2. The van der Waals surface area contributed by atoms with Crippen molar-refractivity contribution in [3.05, 3.63) is 0 Å². The van der Waals surface area contributed by atoms with Crippen molar-refractivity contribution in [3.63, 3.8) is 0 Å². The van der Waals surface area contributed by atoms with E-state index in [0.29, 0.717) is 32.6 Å². The monoisotopic (exact) mass is 284 g/mol. The third-order valence-corrected chi connectivity index (χ3v) is 3.91. The standard InChI is InChI=1S/C13H20N2O5/c1-14-7-9(6-11(14)16)13(19)15(8-12(17)18)10-2-4-20-5-3-10/h9-10H,2-8H2,1H3,(H,17,18)/t9-/m1/s1. The lowest BCUT2D eigenvalue weighted by Gasteiger charge is -2.34. The van der Waals surface area contributed by atoms with Gasteiger partial charge in [0.15, 0.2) is 0 Å². The molecule has 1 N–H and O–H groups in total. The predicted octanol–water partition coefficient (Wildman–Crippen LogP) is -0.443. The van der Waals surface area contributed by atoms with Gasteiger partial charge < -0.3 is 19.6 Å². The quantitative estimate of drug-likeness (QED) is 0.756. The van der Waals surface area contributed by atoms with Crippen LogP contribution in [0.15, 0.2) is 0 Å². The van der Waals surface area contributed by atoms with Crippen molar-refractivity contribution in [3.8, 4) is 0 Å². The first-order valence-corrected chi connectivity index (χ1v) is 6.83. The van der Waals surface area contributed by atoms with E-state index in [1.165, 1.54) is 9.80 Å². The minimum atomic E-state index is -1.03. The van der Waals surface area contributed by atoms with Crippen molar-refractivity contribution in [1.29, 1.82) is 0 Å². The number of carboxylic acids is 1. The Morgan fingerprint density at radius 2 is 2.05 bits per heavy atom. The molecular weight excluding hydrogens is 264 g/mol. The van der Waals surface area contributed by atoms with E-state index >= 15 is 0 Å². The molecule has 0 aromatic carbocycles. The number of amides is 2. The summed E-state index contributed by atoms with van der Waals surface area (Å²) in [6.45, 7) is 1.14. The third-order valence-electron chi connectivity index (χ3n) is 3.91. The molecule has 2 fully saturated rings. The van der Waals surface area contributed by atoms with Crippen molar-refractivity contribution in [2.24, 2.45) is 5.92 Å².